The van der Waals surface area contributed by atoms with E-state index in [-0.39, 0.29) is 12.0 Å². The molecular formula is C27H42Cl2F3N5O5. The van der Waals surface area contributed by atoms with Gasteiger partial charge in [0.25, 0.3) is 0 Å². The van der Waals surface area contributed by atoms with Crippen LogP contribution in [0.15, 0.2) is 18.2 Å². The number of carbonyl (C=O) groups is 3. The molecule has 0 spiro atoms. The molecule has 2 atom stereocenters. The fourth-order valence-electron chi connectivity index (χ4n) is 3.64. The Labute approximate surface area is 254 Å². The number of likely N-dealkylation sites (N-methyl/N-ethyl adjacent to an activating group) is 1. The van der Waals surface area contributed by atoms with Crippen molar-refractivity contribution in [1.82, 2.24) is 14.9 Å². The largest absolute Gasteiger partial charge is 0.490 e. The van der Waals surface area contributed by atoms with Crippen molar-refractivity contribution in [1.29, 1.82) is 0 Å². The summed E-state index contributed by atoms with van der Waals surface area (Å²) in [6.45, 7) is 7.93. The summed E-state index contributed by atoms with van der Waals surface area (Å²) in [5.41, 5.74) is 8.70. The molecule has 1 heterocycles. The number of imidazole rings is 1. The minimum absolute atomic E-state index is 0.145. The van der Waals surface area contributed by atoms with Gasteiger partial charge in [0.2, 0.25) is 0 Å². The first-order valence-electron chi connectivity index (χ1n) is 13.3. The summed E-state index contributed by atoms with van der Waals surface area (Å²) in [7, 11) is 3.76. The van der Waals surface area contributed by atoms with E-state index in [9.17, 15) is 22.8 Å². The second-order valence-corrected chi connectivity index (χ2v) is 10.2. The van der Waals surface area contributed by atoms with Crippen molar-refractivity contribution in [3.05, 3.63) is 24.0 Å². The van der Waals surface area contributed by atoms with Crippen molar-refractivity contribution >= 4 is 58.1 Å². The lowest BCUT2D eigenvalue weighted by atomic mass is 10.0. The fraction of sp³-hybridized carbons (Fsp3) is 0.630. The highest BCUT2D eigenvalue weighted by Gasteiger charge is 2.38. The van der Waals surface area contributed by atoms with E-state index in [0.717, 1.165) is 48.3 Å². The first-order chi connectivity index (χ1) is 19.7. The number of hydrogen-bond acceptors (Lipinski definition) is 8. The lowest BCUT2D eigenvalue weighted by molar-refractivity contribution is -0.192. The van der Waals surface area contributed by atoms with E-state index < -0.39 is 18.2 Å². The number of hydrogen-bond donors (Lipinski definition) is 3. The van der Waals surface area contributed by atoms with E-state index in [1.54, 1.807) is 7.05 Å². The van der Waals surface area contributed by atoms with Crippen molar-refractivity contribution in [2.24, 2.45) is 18.7 Å². The van der Waals surface area contributed by atoms with Crippen LogP contribution in [0.5, 0.6) is 0 Å². The second kappa shape index (κ2) is 20.3. The number of carbonyl (C=O) groups excluding carboxylic acids is 2. The van der Waals surface area contributed by atoms with Gasteiger partial charge in [-0.1, -0.05) is 13.8 Å². The molecule has 0 saturated carbocycles. The Bertz CT molecular complexity index is 1100. The van der Waals surface area contributed by atoms with Gasteiger partial charge in [-0.3, -0.25) is 4.79 Å². The van der Waals surface area contributed by atoms with Crippen molar-refractivity contribution in [2.75, 3.05) is 43.4 Å². The molecule has 2 rings (SSSR count). The molecule has 0 fully saturated rings. The average molecular weight is 645 g/mol. The predicted octanol–water partition coefficient (Wildman–Crippen LogP) is 4.13. The summed E-state index contributed by atoms with van der Waals surface area (Å²) in [5.74, 6) is -0.374. The molecule has 0 aliphatic rings. The van der Waals surface area contributed by atoms with E-state index >= 15 is 0 Å². The Kier molecular flexibility index (Phi) is 19.1. The normalized spacial score (nSPS) is 12.5. The van der Waals surface area contributed by atoms with Crippen LogP contribution in [0.25, 0.3) is 11.0 Å². The van der Waals surface area contributed by atoms with Gasteiger partial charge in [0.1, 0.15) is 18.2 Å². The highest BCUT2D eigenvalue weighted by atomic mass is 35.5. The molecule has 0 aliphatic carbocycles. The number of carboxylic acid groups (broad SMARTS) is 1. The van der Waals surface area contributed by atoms with Gasteiger partial charge >= 0.3 is 18.1 Å². The zero-order chi connectivity index (χ0) is 32.5. The minimum Gasteiger partial charge on any atom is -0.475 e. The van der Waals surface area contributed by atoms with Gasteiger partial charge in [-0.15, -0.1) is 23.2 Å². The SMILES string of the molecule is CCOC(=O)C(CC(C)C)NC.Cn1c(CCC(N)C=O)nc2cc(N(CCCl)CCCl)ccc21.O=C(O)C(F)(F)F. The van der Waals surface area contributed by atoms with Crippen LogP contribution < -0.4 is 16.0 Å². The molecule has 2 unspecified atom stereocenters. The molecule has 2 aromatic rings. The highest BCUT2D eigenvalue weighted by molar-refractivity contribution is 6.18. The zero-order valence-electron chi connectivity index (χ0n) is 24.6. The maximum Gasteiger partial charge on any atom is 0.490 e. The van der Waals surface area contributed by atoms with Gasteiger partial charge < -0.3 is 35.2 Å². The van der Waals surface area contributed by atoms with Crippen molar-refractivity contribution in [2.45, 2.75) is 58.3 Å². The summed E-state index contributed by atoms with van der Waals surface area (Å²) < 4.78 is 38.7. The van der Waals surface area contributed by atoms with E-state index in [2.05, 4.69) is 47.2 Å². The van der Waals surface area contributed by atoms with E-state index in [1.807, 2.05) is 18.5 Å². The summed E-state index contributed by atoms with van der Waals surface area (Å²) in [4.78, 5) is 37.6. The van der Waals surface area contributed by atoms with Crippen LogP contribution in [-0.2, 0) is 32.6 Å². The van der Waals surface area contributed by atoms with Crippen LogP contribution in [0.1, 0.15) is 39.4 Å². The standard InChI is InChI=1S/C16H22Cl2N4O.C9H19NO2.C2HF3O2/c1-21-15-4-3-13(22(8-6-17)9-7-18)10-14(15)20-16(21)5-2-12(19)11-23;1-5-12-9(11)8(10-4)6-7(2)3;3-2(4,5)1(6)7/h3-4,10-12H,2,5-9,19H2,1H3;7-8,10H,5-6H2,1-4H3;(H,6,7). The number of halogens is 5. The summed E-state index contributed by atoms with van der Waals surface area (Å²) >= 11 is 11.7. The molecule has 10 nitrogen and oxygen atoms in total. The third kappa shape index (κ3) is 14.5. The number of carboxylic acids is 1. The zero-order valence-corrected chi connectivity index (χ0v) is 26.1. The van der Waals surface area contributed by atoms with Crippen LogP contribution >= 0.6 is 23.2 Å². The Hall–Kier alpha value is -2.61. The maximum atomic E-state index is 11.2. The number of aromatic nitrogens is 2. The summed E-state index contributed by atoms with van der Waals surface area (Å²) in [5, 5.41) is 10.1. The fourth-order valence-corrected chi connectivity index (χ4v) is 4.05. The number of rotatable bonds is 14. The number of ether oxygens (including phenoxy) is 1. The number of aliphatic carboxylic acids is 1. The molecule has 0 saturated heterocycles. The average Bonchev–Trinajstić information content (AvgIpc) is 3.24. The third-order valence-corrected chi connectivity index (χ3v) is 6.11. The molecule has 42 heavy (non-hydrogen) atoms. The molecule has 0 bridgehead atoms. The number of anilines is 1. The lowest BCUT2D eigenvalue weighted by Gasteiger charge is -2.22. The summed E-state index contributed by atoms with van der Waals surface area (Å²) in [6.07, 6.45) is -2.21. The number of fused-ring (bicyclic) bond motifs is 1. The van der Waals surface area contributed by atoms with Gasteiger partial charge in [-0.2, -0.15) is 13.2 Å². The number of nitrogens with two attached hydrogens (primary N) is 1. The van der Waals surface area contributed by atoms with Crippen LogP contribution in [-0.4, -0.2) is 89.6 Å². The molecule has 1 aromatic heterocycles. The number of aryl methyl sites for hydroxylation is 2. The Morgan fingerprint density at radius 1 is 1.24 bits per heavy atom. The van der Waals surface area contributed by atoms with Crippen molar-refractivity contribution in [3.63, 3.8) is 0 Å². The van der Waals surface area contributed by atoms with Crippen LogP contribution in [0.3, 0.4) is 0 Å². The number of aldehydes is 1. The molecule has 0 aliphatic heterocycles. The molecule has 0 amide bonds. The molecule has 0 radical (unpaired) electrons. The minimum atomic E-state index is -5.08. The van der Waals surface area contributed by atoms with Gasteiger partial charge in [0.15, 0.2) is 0 Å². The molecule has 15 heteroatoms. The number of nitrogens with zero attached hydrogens (tertiary/aromatic N) is 3. The Morgan fingerprint density at radius 3 is 2.24 bits per heavy atom. The number of nitrogens with one attached hydrogen (secondary N) is 1. The Balaban J connectivity index is 0.000000739. The third-order valence-electron chi connectivity index (χ3n) is 5.78. The first-order valence-corrected chi connectivity index (χ1v) is 14.4. The molecule has 240 valence electrons. The first kappa shape index (κ1) is 39.4. The van der Waals surface area contributed by atoms with Crippen LogP contribution in [0.4, 0.5) is 18.9 Å². The van der Waals surface area contributed by atoms with Crippen LogP contribution in [0.2, 0.25) is 0 Å². The van der Waals surface area contributed by atoms with Gasteiger partial charge in [-0.25, -0.2) is 9.78 Å². The monoisotopic (exact) mass is 643 g/mol. The topological polar surface area (TPSA) is 140 Å². The Morgan fingerprint density at radius 2 is 1.81 bits per heavy atom. The van der Waals surface area contributed by atoms with Gasteiger partial charge in [0, 0.05) is 44.0 Å². The smallest absolute Gasteiger partial charge is 0.475 e. The second-order valence-electron chi connectivity index (χ2n) is 9.49. The van der Waals surface area contributed by atoms with Gasteiger partial charge in [0.05, 0.1) is 23.7 Å². The number of alkyl halides is 5. The number of esters is 1. The summed E-state index contributed by atoms with van der Waals surface area (Å²) in [6, 6.07) is 5.58. The van der Waals surface area contributed by atoms with Gasteiger partial charge in [-0.05, 0) is 50.9 Å². The van der Waals surface area contributed by atoms with Crippen LogP contribution in [0, 0.1) is 5.92 Å². The molecule has 1 aromatic carbocycles. The van der Waals surface area contributed by atoms with Crippen molar-refractivity contribution in [3.8, 4) is 0 Å². The van der Waals surface area contributed by atoms with Crippen molar-refractivity contribution < 1.29 is 37.4 Å². The lowest BCUT2D eigenvalue weighted by Crippen LogP contribution is -2.36. The maximum absolute atomic E-state index is 11.2. The molecular weight excluding hydrogens is 602 g/mol. The quantitative estimate of drug-likeness (QED) is 0.157. The number of benzene rings is 1. The van der Waals surface area contributed by atoms with E-state index in [4.69, 9.17) is 43.6 Å². The van der Waals surface area contributed by atoms with E-state index in [1.165, 1.54) is 0 Å². The predicted molar refractivity (Wildman–Crippen MR) is 159 cm³/mol. The molecule has 4 N–H and O–H groups in total. The highest BCUT2D eigenvalue weighted by Crippen LogP contribution is 2.23. The van der Waals surface area contributed by atoms with E-state index in [0.29, 0.717) is 37.1 Å².